The lowest BCUT2D eigenvalue weighted by Gasteiger charge is -2.39. The van der Waals surface area contributed by atoms with E-state index in [2.05, 4.69) is 42.7 Å². The van der Waals surface area contributed by atoms with Gasteiger partial charge in [0.15, 0.2) is 5.82 Å². The molecule has 8 heteroatoms. The molecular weight excluding hydrogens is 399 g/mol. The highest BCUT2D eigenvalue weighted by Gasteiger charge is 2.38. The maximum atomic E-state index is 14.6. The molecule has 2 atom stereocenters. The number of anilines is 1. The van der Waals surface area contributed by atoms with Gasteiger partial charge < -0.3 is 9.64 Å². The molecule has 128 valence electrons. The van der Waals surface area contributed by atoms with Gasteiger partial charge in [-0.25, -0.2) is 4.39 Å². The number of hydrogen-bond donors (Lipinski definition) is 0. The fourth-order valence-corrected chi connectivity index (χ4v) is 4.25. The van der Waals surface area contributed by atoms with Crippen LogP contribution in [0.25, 0.3) is 10.9 Å². The van der Waals surface area contributed by atoms with Crippen LogP contribution in [0.4, 0.5) is 10.2 Å². The number of piperazine rings is 1. The van der Waals surface area contributed by atoms with Crippen molar-refractivity contribution in [3.63, 3.8) is 0 Å². The molecule has 2 aromatic rings. The Morgan fingerprint density at radius 1 is 1.29 bits per heavy atom. The van der Waals surface area contributed by atoms with Crippen LogP contribution < -0.4 is 9.64 Å². The van der Waals surface area contributed by atoms with Gasteiger partial charge in [0, 0.05) is 30.6 Å². The summed E-state index contributed by atoms with van der Waals surface area (Å²) in [7, 11) is 3.66. The van der Waals surface area contributed by atoms with Crippen molar-refractivity contribution in [2.75, 3.05) is 32.1 Å². The molecule has 0 amide bonds. The monoisotopic (exact) mass is 414 g/mol. The molecule has 24 heavy (non-hydrogen) atoms. The summed E-state index contributed by atoms with van der Waals surface area (Å²) in [5, 5.41) is 0.928. The first-order chi connectivity index (χ1) is 11.5. The van der Waals surface area contributed by atoms with Crippen molar-refractivity contribution in [1.29, 1.82) is 0 Å². The van der Waals surface area contributed by atoms with E-state index in [1.807, 2.05) is 0 Å². The van der Waals surface area contributed by atoms with E-state index in [4.69, 9.17) is 16.3 Å². The third-order valence-corrected chi connectivity index (χ3v) is 6.42. The van der Waals surface area contributed by atoms with Gasteiger partial charge in [0.1, 0.15) is 11.3 Å². The maximum Gasteiger partial charge on any atom is 0.318 e. The molecule has 0 spiro atoms. The van der Waals surface area contributed by atoms with Crippen molar-refractivity contribution in [2.45, 2.75) is 24.9 Å². The molecule has 2 aliphatic heterocycles. The van der Waals surface area contributed by atoms with Gasteiger partial charge in [-0.15, -0.1) is 0 Å². The summed E-state index contributed by atoms with van der Waals surface area (Å²) >= 11 is 9.35. The fraction of sp³-hybridized carbons (Fsp3) is 0.500. The SMILES string of the molecule is COc1nc(N2CC3CCC(C2)N3C)c2cc(Cl)c(Br)c(F)c2n1. The van der Waals surface area contributed by atoms with E-state index in [0.717, 1.165) is 13.1 Å². The van der Waals surface area contributed by atoms with E-state index in [0.29, 0.717) is 28.3 Å². The lowest BCUT2D eigenvalue weighted by atomic mass is 10.1. The molecule has 5 nitrogen and oxygen atoms in total. The first kappa shape index (κ1) is 16.3. The molecule has 2 saturated heterocycles. The summed E-state index contributed by atoms with van der Waals surface area (Å²) in [5.41, 5.74) is 0.222. The van der Waals surface area contributed by atoms with Crippen LogP contribution in [-0.2, 0) is 0 Å². The highest BCUT2D eigenvalue weighted by atomic mass is 79.9. The van der Waals surface area contributed by atoms with Crippen LogP contribution in [-0.4, -0.2) is 54.2 Å². The molecule has 2 unspecified atom stereocenters. The highest BCUT2D eigenvalue weighted by Crippen LogP contribution is 2.38. The van der Waals surface area contributed by atoms with E-state index in [1.54, 1.807) is 6.07 Å². The Morgan fingerprint density at radius 3 is 2.58 bits per heavy atom. The van der Waals surface area contributed by atoms with Crippen molar-refractivity contribution in [3.05, 3.63) is 21.4 Å². The van der Waals surface area contributed by atoms with Crippen LogP contribution in [0.2, 0.25) is 5.02 Å². The lowest BCUT2D eigenvalue weighted by Crippen LogP contribution is -2.52. The summed E-state index contributed by atoms with van der Waals surface area (Å²) < 4.78 is 20.1. The average molecular weight is 416 g/mol. The predicted octanol–water partition coefficient (Wildman–Crippen LogP) is 3.48. The van der Waals surface area contributed by atoms with Crippen LogP contribution in [0.15, 0.2) is 10.5 Å². The van der Waals surface area contributed by atoms with Crippen LogP contribution in [0.5, 0.6) is 6.01 Å². The van der Waals surface area contributed by atoms with Crippen molar-refractivity contribution in [1.82, 2.24) is 14.9 Å². The number of hydrogen-bond acceptors (Lipinski definition) is 5. The third kappa shape index (κ3) is 2.45. The summed E-state index contributed by atoms with van der Waals surface area (Å²) in [4.78, 5) is 13.3. The van der Waals surface area contributed by atoms with Crippen LogP contribution in [0, 0.1) is 5.82 Å². The second-order valence-corrected chi connectivity index (χ2v) is 7.57. The van der Waals surface area contributed by atoms with Gasteiger partial charge in [0.2, 0.25) is 0 Å². The lowest BCUT2D eigenvalue weighted by molar-refractivity contribution is 0.212. The molecule has 4 rings (SSSR count). The third-order valence-electron chi connectivity index (χ3n) is 5.12. The van der Waals surface area contributed by atoms with Crippen LogP contribution in [0.3, 0.4) is 0 Å². The number of methoxy groups -OCH3 is 1. The van der Waals surface area contributed by atoms with Crippen molar-refractivity contribution in [3.8, 4) is 6.01 Å². The van der Waals surface area contributed by atoms with Crippen molar-refractivity contribution >= 4 is 44.3 Å². The minimum absolute atomic E-state index is 0.164. The Balaban J connectivity index is 1.88. The quantitative estimate of drug-likeness (QED) is 0.703. The van der Waals surface area contributed by atoms with E-state index in [9.17, 15) is 4.39 Å². The standard InChI is InChI=1S/C16H17BrClFN4O/c1-22-8-3-4-9(22)7-23(6-8)15-10-5-11(18)12(17)13(19)14(10)20-16(21-15)24-2/h5,8-9H,3-4,6-7H2,1-2H3. The van der Waals surface area contributed by atoms with Gasteiger partial charge in [0.05, 0.1) is 16.6 Å². The zero-order valence-corrected chi connectivity index (χ0v) is 15.7. The summed E-state index contributed by atoms with van der Waals surface area (Å²) in [6, 6.07) is 2.88. The van der Waals surface area contributed by atoms with E-state index in [1.165, 1.54) is 20.0 Å². The topological polar surface area (TPSA) is 41.5 Å². The molecule has 0 N–H and O–H groups in total. The Hall–Kier alpha value is -1.18. The Bertz CT molecular complexity index is 806. The Kier molecular flexibility index (Phi) is 4.05. The smallest absolute Gasteiger partial charge is 0.318 e. The summed E-state index contributed by atoms with van der Waals surface area (Å²) in [5.74, 6) is 0.201. The molecule has 0 aliphatic carbocycles. The van der Waals surface area contributed by atoms with E-state index >= 15 is 0 Å². The number of rotatable bonds is 2. The van der Waals surface area contributed by atoms with Gasteiger partial charge in [0.25, 0.3) is 0 Å². The number of nitrogens with zero attached hydrogens (tertiary/aromatic N) is 4. The Morgan fingerprint density at radius 2 is 1.96 bits per heavy atom. The van der Waals surface area contributed by atoms with Crippen LogP contribution in [0.1, 0.15) is 12.8 Å². The number of fused-ring (bicyclic) bond motifs is 3. The molecule has 2 fully saturated rings. The van der Waals surface area contributed by atoms with Gasteiger partial charge in [-0.1, -0.05) is 11.6 Å². The van der Waals surface area contributed by atoms with Crippen molar-refractivity contribution in [2.24, 2.45) is 0 Å². The average Bonchev–Trinajstić information content (AvgIpc) is 2.80. The Labute approximate surface area is 152 Å². The second kappa shape index (κ2) is 5.97. The molecule has 2 aliphatic rings. The summed E-state index contributed by atoms with van der Waals surface area (Å²) in [6.45, 7) is 1.72. The van der Waals surface area contributed by atoms with Crippen molar-refractivity contribution < 1.29 is 9.13 Å². The number of likely N-dealkylation sites (N-methyl/N-ethyl adjacent to an activating group) is 1. The van der Waals surface area contributed by atoms with Gasteiger partial charge in [-0.3, -0.25) is 4.90 Å². The minimum atomic E-state index is -0.489. The second-order valence-electron chi connectivity index (χ2n) is 6.37. The van der Waals surface area contributed by atoms with Gasteiger partial charge in [-0.2, -0.15) is 9.97 Å². The zero-order chi connectivity index (χ0) is 17.0. The predicted molar refractivity (Wildman–Crippen MR) is 95.5 cm³/mol. The first-order valence-corrected chi connectivity index (χ1v) is 9.02. The van der Waals surface area contributed by atoms with Gasteiger partial charge >= 0.3 is 6.01 Å². The van der Waals surface area contributed by atoms with Crippen LogP contribution >= 0.6 is 27.5 Å². The minimum Gasteiger partial charge on any atom is -0.467 e. The molecule has 3 heterocycles. The van der Waals surface area contributed by atoms with Gasteiger partial charge in [-0.05, 0) is 41.9 Å². The summed E-state index contributed by atoms with van der Waals surface area (Å²) in [6.07, 6.45) is 2.36. The first-order valence-electron chi connectivity index (χ1n) is 7.85. The maximum absolute atomic E-state index is 14.6. The normalized spacial score (nSPS) is 24.0. The molecule has 0 radical (unpaired) electrons. The number of ether oxygens (including phenoxy) is 1. The number of benzene rings is 1. The number of halogens is 3. The largest absolute Gasteiger partial charge is 0.467 e. The van der Waals surface area contributed by atoms with E-state index in [-0.39, 0.29) is 16.0 Å². The molecule has 1 aromatic heterocycles. The molecule has 2 bridgehead atoms. The van der Waals surface area contributed by atoms with E-state index < -0.39 is 5.82 Å². The highest BCUT2D eigenvalue weighted by molar-refractivity contribution is 9.10. The fourth-order valence-electron chi connectivity index (χ4n) is 3.76. The molecular formula is C16H17BrClFN4O. The number of aromatic nitrogens is 2. The zero-order valence-electron chi connectivity index (χ0n) is 13.4. The molecule has 0 saturated carbocycles. The molecule has 1 aromatic carbocycles.